The maximum atomic E-state index is 11.9. The van der Waals surface area contributed by atoms with Gasteiger partial charge in [0, 0.05) is 21.9 Å². The zero-order chi connectivity index (χ0) is 13.7. The van der Waals surface area contributed by atoms with Crippen molar-refractivity contribution in [1.29, 1.82) is 0 Å². The molecular weight excluding hydrogens is 370 g/mol. The summed E-state index contributed by atoms with van der Waals surface area (Å²) in [4.78, 5) is 11.9. The van der Waals surface area contributed by atoms with Crippen LogP contribution in [0.4, 0.5) is 0 Å². The van der Waals surface area contributed by atoms with E-state index in [2.05, 4.69) is 49.3 Å². The van der Waals surface area contributed by atoms with E-state index in [4.69, 9.17) is 0 Å². The number of carbonyl (C=O) groups is 1. The average molecular weight is 383 g/mol. The predicted molar refractivity (Wildman–Crippen MR) is 84.4 cm³/mol. The molecule has 0 bridgehead atoms. The minimum absolute atomic E-state index is 0.0586. The van der Waals surface area contributed by atoms with Crippen LogP contribution in [0.15, 0.2) is 53.0 Å². The number of nitrogens with one attached hydrogen (secondary N) is 1. The van der Waals surface area contributed by atoms with Crippen molar-refractivity contribution in [3.63, 3.8) is 0 Å². The third kappa shape index (κ3) is 4.18. The normalized spacial score (nSPS) is 10.2. The van der Waals surface area contributed by atoms with Crippen LogP contribution in [0.25, 0.3) is 0 Å². The van der Waals surface area contributed by atoms with Gasteiger partial charge < -0.3 is 5.32 Å². The van der Waals surface area contributed by atoms with Crippen LogP contribution in [-0.4, -0.2) is 5.91 Å². The van der Waals surface area contributed by atoms with Crippen LogP contribution < -0.4 is 5.32 Å². The Bertz CT molecular complexity index is 567. The van der Waals surface area contributed by atoms with E-state index < -0.39 is 0 Å². The maximum absolute atomic E-state index is 11.9. The molecule has 0 heterocycles. The number of benzene rings is 2. The smallest absolute Gasteiger partial charge is 0.251 e. The van der Waals surface area contributed by atoms with Crippen LogP contribution in [-0.2, 0) is 11.9 Å². The summed E-state index contributed by atoms with van der Waals surface area (Å²) in [6, 6.07) is 15.5. The van der Waals surface area contributed by atoms with Crippen LogP contribution in [0.2, 0.25) is 0 Å². The molecule has 0 saturated heterocycles. The van der Waals surface area contributed by atoms with Gasteiger partial charge in [0.1, 0.15) is 0 Å². The molecule has 1 amide bonds. The molecule has 0 aliphatic carbocycles. The SMILES string of the molecule is O=C(NCc1cccc(CBr)c1)c1ccc(Br)cc1. The molecule has 0 aromatic heterocycles. The second-order valence-electron chi connectivity index (χ2n) is 4.14. The third-order valence-electron chi connectivity index (χ3n) is 2.71. The number of hydrogen-bond acceptors (Lipinski definition) is 1. The lowest BCUT2D eigenvalue weighted by molar-refractivity contribution is 0.0951. The Hall–Kier alpha value is -1.13. The molecular formula is C15H13Br2NO. The first-order valence-corrected chi connectivity index (χ1v) is 7.78. The van der Waals surface area contributed by atoms with Gasteiger partial charge in [-0.3, -0.25) is 4.79 Å². The number of carbonyl (C=O) groups excluding carboxylic acids is 1. The van der Waals surface area contributed by atoms with E-state index >= 15 is 0 Å². The van der Waals surface area contributed by atoms with Crippen molar-refractivity contribution in [3.8, 4) is 0 Å². The van der Waals surface area contributed by atoms with E-state index in [-0.39, 0.29) is 5.91 Å². The number of alkyl halides is 1. The minimum atomic E-state index is -0.0586. The Morgan fingerprint density at radius 3 is 2.42 bits per heavy atom. The summed E-state index contributed by atoms with van der Waals surface area (Å²) in [6.45, 7) is 0.537. The predicted octanol–water partition coefficient (Wildman–Crippen LogP) is 4.27. The summed E-state index contributed by atoms with van der Waals surface area (Å²) in [5.41, 5.74) is 2.97. The topological polar surface area (TPSA) is 29.1 Å². The van der Waals surface area contributed by atoms with Crippen molar-refractivity contribution in [1.82, 2.24) is 5.32 Å². The molecule has 0 fully saturated rings. The zero-order valence-electron chi connectivity index (χ0n) is 10.2. The van der Waals surface area contributed by atoms with E-state index in [9.17, 15) is 4.79 Å². The standard InChI is InChI=1S/C15H13Br2NO/c16-9-11-2-1-3-12(8-11)10-18-15(19)13-4-6-14(17)7-5-13/h1-8H,9-10H2,(H,18,19). The Kier molecular flexibility index (Phi) is 5.16. The molecule has 2 rings (SSSR count). The first-order valence-electron chi connectivity index (χ1n) is 5.86. The highest BCUT2D eigenvalue weighted by atomic mass is 79.9. The van der Waals surface area contributed by atoms with Crippen molar-refractivity contribution in [2.24, 2.45) is 0 Å². The molecule has 1 N–H and O–H groups in total. The first kappa shape index (κ1) is 14.3. The summed E-state index contributed by atoms with van der Waals surface area (Å²) < 4.78 is 0.967. The van der Waals surface area contributed by atoms with Crippen LogP contribution in [0.5, 0.6) is 0 Å². The Balaban J connectivity index is 1.98. The summed E-state index contributed by atoms with van der Waals surface area (Å²) in [5, 5.41) is 3.74. The van der Waals surface area contributed by atoms with E-state index in [1.807, 2.05) is 24.3 Å². The minimum Gasteiger partial charge on any atom is -0.348 e. The molecule has 0 atom stereocenters. The van der Waals surface area contributed by atoms with Gasteiger partial charge in [-0.1, -0.05) is 56.1 Å². The summed E-state index contributed by atoms with van der Waals surface area (Å²) in [7, 11) is 0. The van der Waals surface area contributed by atoms with E-state index in [1.54, 1.807) is 12.1 Å². The van der Waals surface area contributed by atoms with E-state index in [0.717, 1.165) is 15.4 Å². The quantitative estimate of drug-likeness (QED) is 0.786. The van der Waals surface area contributed by atoms with Crippen molar-refractivity contribution in [2.45, 2.75) is 11.9 Å². The van der Waals surface area contributed by atoms with Crippen LogP contribution >= 0.6 is 31.9 Å². The van der Waals surface area contributed by atoms with Gasteiger partial charge in [0.15, 0.2) is 0 Å². The molecule has 0 unspecified atom stereocenters. The van der Waals surface area contributed by atoms with Crippen LogP contribution in [0.1, 0.15) is 21.5 Å². The maximum Gasteiger partial charge on any atom is 0.251 e. The fourth-order valence-corrected chi connectivity index (χ4v) is 2.32. The van der Waals surface area contributed by atoms with Crippen molar-refractivity contribution in [2.75, 3.05) is 0 Å². The zero-order valence-corrected chi connectivity index (χ0v) is 13.4. The van der Waals surface area contributed by atoms with Gasteiger partial charge in [0.2, 0.25) is 0 Å². The lowest BCUT2D eigenvalue weighted by atomic mass is 10.1. The fraction of sp³-hybridized carbons (Fsp3) is 0.133. The molecule has 0 aliphatic heterocycles. The highest BCUT2D eigenvalue weighted by Gasteiger charge is 2.04. The average Bonchev–Trinajstić information content (AvgIpc) is 2.46. The largest absolute Gasteiger partial charge is 0.348 e. The first-order chi connectivity index (χ1) is 9.19. The van der Waals surface area contributed by atoms with Gasteiger partial charge in [0.25, 0.3) is 5.91 Å². The monoisotopic (exact) mass is 381 g/mol. The molecule has 19 heavy (non-hydrogen) atoms. The fourth-order valence-electron chi connectivity index (χ4n) is 1.71. The van der Waals surface area contributed by atoms with Crippen LogP contribution in [0.3, 0.4) is 0 Å². The Morgan fingerprint density at radius 1 is 1.05 bits per heavy atom. The number of halogens is 2. The number of amides is 1. The van der Waals surface area contributed by atoms with Gasteiger partial charge in [-0.05, 0) is 35.4 Å². The summed E-state index contributed by atoms with van der Waals surface area (Å²) >= 11 is 6.77. The molecule has 2 aromatic rings. The summed E-state index contributed by atoms with van der Waals surface area (Å²) in [5.74, 6) is -0.0586. The molecule has 4 heteroatoms. The van der Waals surface area contributed by atoms with E-state index in [1.165, 1.54) is 5.56 Å². The summed E-state index contributed by atoms with van der Waals surface area (Å²) in [6.07, 6.45) is 0. The molecule has 2 nitrogen and oxygen atoms in total. The highest BCUT2D eigenvalue weighted by molar-refractivity contribution is 9.10. The highest BCUT2D eigenvalue weighted by Crippen LogP contribution is 2.11. The van der Waals surface area contributed by atoms with Gasteiger partial charge in [-0.15, -0.1) is 0 Å². The number of hydrogen-bond donors (Lipinski definition) is 1. The molecule has 2 aromatic carbocycles. The Morgan fingerprint density at radius 2 is 1.74 bits per heavy atom. The molecule has 0 aliphatic rings. The van der Waals surface area contributed by atoms with Crippen molar-refractivity contribution in [3.05, 3.63) is 69.7 Å². The molecule has 0 spiro atoms. The van der Waals surface area contributed by atoms with Gasteiger partial charge >= 0.3 is 0 Å². The van der Waals surface area contributed by atoms with Crippen molar-refractivity contribution < 1.29 is 4.79 Å². The second-order valence-corrected chi connectivity index (χ2v) is 5.62. The molecule has 98 valence electrons. The number of rotatable bonds is 4. The van der Waals surface area contributed by atoms with Crippen molar-refractivity contribution >= 4 is 37.8 Å². The van der Waals surface area contributed by atoms with Gasteiger partial charge in [-0.25, -0.2) is 0 Å². The van der Waals surface area contributed by atoms with E-state index in [0.29, 0.717) is 12.1 Å². The second kappa shape index (κ2) is 6.87. The van der Waals surface area contributed by atoms with Crippen LogP contribution in [0, 0.1) is 0 Å². The molecule has 0 radical (unpaired) electrons. The Labute approximate surface area is 129 Å². The lowest BCUT2D eigenvalue weighted by Crippen LogP contribution is -2.22. The molecule has 0 saturated carbocycles. The van der Waals surface area contributed by atoms with Gasteiger partial charge in [0.05, 0.1) is 0 Å². The van der Waals surface area contributed by atoms with Gasteiger partial charge in [-0.2, -0.15) is 0 Å². The third-order valence-corrected chi connectivity index (χ3v) is 3.88. The lowest BCUT2D eigenvalue weighted by Gasteiger charge is -2.06.